The lowest BCUT2D eigenvalue weighted by molar-refractivity contribution is -0.152. The van der Waals surface area contributed by atoms with E-state index in [0.717, 1.165) is 24.7 Å². The molecule has 6 heteroatoms. The number of carbonyl (C=O) groups is 2. The van der Waals surface area contributed by atoms with Crippen molar-refractivity contribution in [1.29, 1.82) is 0 Å². The maximum atomic E-state index is 11.8. The zero-order chi connectivity index (χ0) is 15.0. The van der Waals surface area contributed by atoms with Gasteiger partial charge in [-0.2, -0.15) is 0 Å². The van der Waals surface area contributed by atoms with Gasteiger partial charge in [-0.05, 0) is 30.2 Å². The van der Waals surface area contributed by atoms with Crippen molar-refractivity contribution in [2.75, 3.05) is 26.2 Å². The average molecular weight is 308 g/mol. The maximum Gasteiger partial charge on any atom is 0.312 e. The van der Waals surface area contributed by atoms with E-state index in [0.29, 0.717) is 13.1 Å². The van der Waals surface area contributed by atoms with Gasteiger partial charge in [0.25, 0.3) is 0 Å². The summed E-state index contributed by atoms with van der Waals surface area (Å²) in [5, 5.41) is 3.41. The fourth-order valence-corrected chi connectivity index (χ4v) is 3.23. The fraction of sp³-hybridized carbons (Fsp3) is 0.467. The third-order valence-corrected chi connectivity index (χ3v) is 4.45. The van der Waals surface area contributed by atoms with Crippen LogP contribution in [0.3, 0.4) is 0 Å². The van der Waals surface area contributed by atoms with Gasteiger partial charge in [-0.1, -0.05) is 17.7 Å². The van der Waals surface area contributed by atoms with Crippen molar-refractivity contribution in [1.82, 2.24) is 15.1 Å². The second kappa shape index (κ2) is 5.66. The van der Waals surface area contributed by atoms with Crippen LogP contribution in [0.5, 0.6) is 0 Å². The zero-order valence-corrected chi connectivity index (χ0v) is 12.7. The van der Waals surface area contributed by atoms with Gasteiger partial charge in [-0.15, -0.1) is 0 Å². The van der Waals surface area contributed by atoms with Crippen molar-refractivity contribution in [3.8, 4) is 0 Å². The lowest BCUT2D eigenvalue weighted by Crippen LogP contribution is -2.65. The number of halogens is 1. The number of aryl methyl sites for hydroxylation is 1. The highest BCUT2D eigenvalue weighted by molar-refractivity contribution is 6.35. The number of piperazine rings is 2. The number of carbonyl (C=O) groups excluding carboxylic acids is 2. The molecule has 0 aliphatic carbocycles. The van der Waals surface area contributed by atoms with E-state index in [9.17, 15) is 9.59 Å². The Balaban J connectivity index is 1.67. The van der Waals surface area contributed by atoms with Gasteiger partial charge in [-0.25, -0.2) is 0 Å². The van der Waals surface area contributed by atoms with Crippen molar-refractivity contribution in [3.05, 3.63) is 34.3 Å². The minimum atomic E-state index is -0.478. The molecule has 0 aromatic heterocycles. The van der Waals surface area contributed by atoms with Gasteiger partial charge < -0.3 is 10.2 Å². The van der Waals surface area contributed by atoms with Crippen LogP contribution in [0.25, 0.3) is 0 Å². The van der Waals surface area contributed by atoms with E-state index in [1.54, 1.807) is 4.90 Å². The summed E-state index contributed by atoms with van der Waals surface area (Å²) in [4.78, 5) is 27.2. The molecule has 1 atom stereocenters. The monoisotopic (exact) mass is 307 g/mol. The topological polar surface area (TPSA) is 52.7 Å². The molecule has 1 aromatic carbocycles. The van der Waals surface area contributed by atoms with Gasteiger partial charge in [0.15, 0.2) is 0 Å². The van der Waals surface area contributed by atoms with E-state index in [1.165, 1.54) is 11.1 Å². The van der Waals surface area contributed by atoms with Crippen LogP contribution in [0.1, 0.15) is 11.1 Å². The number of rotatable bonds is 2. The van der Waals surface area contributed by atoms with E-state index in [-0.39, 0.29) is 6.04 Å². The molecule has 21 heavy (non-hydrogen) atoms. The summed E-state index contributed by atoms with van der Waals surface area (Å²) in [5.74, 6) is -0.873. The second-order valence-corrected chi connectivity index (χ2v) is 6.10. The van der Waals surface area contributed by atoms with E-state index < -0.39 is 11.8 Å². The lowest BCUT2D eigenvalue weighted by Gasteiger charge is -2.43. The minimum Gasteiger partial charge on any atom is -0.346 e. The van der Waals surface area contributed by atoms with Crippen LogP contribution in [-0.2, 0) is 16.1 Å². The number of hydrogen-bond donors (Lipinski definition) is 1. The Morgan fingerprint density at radius 3 is 2.90 bits per heavy atom. The molecule has 0 radical (unpaired) electrons. The molecule has 0 bridgehead atoms. The van der Waals surface area contributed by atoms with Crippen molar-refractivity contribution in [3.63, 3.8) is 0 Å². The van der Waals surface area contributed by atoms with Crippen LogP contribution in [0, 0.1) is 6.92 Å². The van der Waals surface area contributed by atoms with Crippen molar-refractivity contribution in [2.45, 2.75) is 19.5 Å². The smallest absolute Gasteiger partial charge is 0.312 e. The number of benzene rings is 1. The van der Waals surface area contributed by atoms with Gasteiger partial charge in [0.05, 0.1) is 6.04 Å². The summed E-state index contributed by atoms with van der Waals surface area (Å²) >= 11 is 5.98. The molecule has 0 unspecified atom stereocenters. The SMILES string of the molecule is Cc1cc(Cl)ccc1CN1CCN2C(=O)C(=O)NC[C@H]2C1. The molecular weight excluding hydrogens is 290 g/mol. The Hall–Kier alpha value is -1.59. The first-order valence-corrected chi connectivity index (χ1v) is 7.48. The summed E-state index contributed by atoms with van der Waals surface area (Å²) in [6, 6.07) is 6.01. The highest BCUT2D eigenvalue weighted by Crippen LogP contribution is 2.19. The number of amides is 2. The van der Waals surface area contributed by atoms with Gasteiger partial charge >= 0.3 is 11.8 Å². The molecule has 2 heterocycles. The van der Waals surface area contributed by atoms with Gasteiger partial charge in [0.1, 0.15) is 0 Å². The Morgan fingerprint density at radius 2 is 2.14 bits per heavy atom. The van der Waals surface area contributed by atoms with E-state index in [2.05, 4.69) is 23.2 Å². The van der Waals surface area contributed by atoms with Crippen LogP contribution in [0.4, 0.5) is 0 Å². The first kappa shape index (κ1) is 14.4. The van der Waals surface area contributed by atoms with E-state index in [1.807, 2.05) is 12.1 Å². The fourth-order valence-electron chi connectivity index (χ4n) is 3.00. The van der Waals surface area contributed by atoms with Crippen LogP contribution >= 0.6 is 11.6 Å². The van der Waals surface area contributed by atoms with Crippen molar-refractivity contribution < 1.29 is 9.59 Å². The Labute approximate surface area is 128 Å². The average Bonchev–Trinajstić information content (AvgIpc) is 2.46. The summed E-state index contributed by atoms with van der Waals surface area (Å²) in [6.07, 6.45) is 0. The Morgan fingerprint density at radius 1 is 1.33 bits per heavy atom. The first-order chi connectivity index (χ1) is 10.0. The molecule has 2 saturated heterocycles. The molecule has 5 nitrogen and oxygen atoms in total. The molecule has 0 spiro atoms. The van der Waals surface area contributed by atoms with Crippen LogP contribution < -0.4 is 5.32 Å². The molecule has 2 fully saturated rings. The quantitative estimate of drug-likeness (QED) is 0.822. The Bertz CT molecular complexity index is 590. The van der Waals surface area contributed by atoms with E-state index >= 15 is 0 Å². The van der Waals surface area contributed by atoms with Crippen LogP contribution in [0.15, 0.2) is 18.2 Å². The number of fused-ring (bicyclic) bond motifs is 1. The lowest BCUT2D eigenvalue weighted by atomic mass is 10.1. The number of nitrogens with zero attached hydrogens (tertiary/aromatic N) is 2. The molecule has 0 saturated carbocycles. The molecule has 2 amide bonds. The second-order valence-electron chi connectivity index (χ2n) is 5.67. The largest absolute Gasteiger partial charge is 0.346 e. The van der Waals surface area contributed by atoms with Crippen LogP contribution in [-0.4, -0.2) is 53.8 Å². The highest BCUT2D eigenvalue weighted by atomic mass is 35.5. The van der Waals surface area contributed by atoms with Gasteiger partial charge in [0, 0.05) is 37.7 Å². The highest BCUT2D eigenvalue weighted by Gasteiger charge is 2.37. The summed E-state index contributed by atoms with van der Waals surface area (Å²) in [5.41, 5.74) is 2.43. The molecule has 2 aliphatic heterocycles. The minimum absolute atomic E-state index is 0.0801. The van der Waals surface area contributed by atoms with Crippen LogP contribution in [0.2, 0.25) is 5.02 Å². The number of hydrogen-bond acceptors (Lipinski definition) is 3. The summed E-state index contributed by atoms with van der Waals surface area (Å²) in [7, 11) is 0. The summed E-state index contributed by atoms with van der Waals surface area (Å²) in [6.45, 7) is 5.63. The summed E-state index contributed by atoms with van der Waals surface area (Å²) < 4.78 is 0. The zero-order valence-electron chi connectivity index (χ0n) is 11.9. The van der Waals surface area contributed by atoms with Crippen molar-refractivity contribution >= 4 is 23.4 Å². The van der Waals surface area contributed by atoms with Gasteiger partial charge in [-0.3, -0.25) is 14.5 Å². The molecule has 3 rings (SSSR count). The van der Waals surface area contributed by atoms with Crippen molar-refractivity contribution in [2.24, 2.45) is 0 Å². The molecule has 1 aromatic rings. The van der Waals surface area contributed by atoms with E-state index in [4.69, 9.17) is 11.6 Å². The third-order valence-electron chi connectivity index (χ3n) is 4.22. The molecular formula is C15H18ClN3O2. The molecule has 112 valence electrons. The maximum absolute atomic E-state index is 11.8. The van der Waals surface area contributed by atoms with Gasteiger partial charge in [0.2, 0.25) is 0 Å². The molecule has 1 N–H and O–H groups in total. The normalized spacial score (nSPS) is 23.0. The standard InChI is InChI=1S/C15H18ClN3O2/c1-10-6-12(16)3-2-11(10)8-18-4-5-19-13(9-18)7-17-14(20)15(19)21/h2-3,6,13H,4-5,7-9H2,1H3,(H,17,20)/t13-/m0/s1. The Kier molecular flexibility index (Phi) is 3.87. The third kappa shape index (κ3) is 2.89. The molecule has 2 aliphatic rings. The number of nitrogens with one attached hydrogen (secondary N) is 1. The predicted molar refractivity (Wildman–Crippen MR) is 80.0 cm³/mol. The first-order valence-electron chi connectivity index (χ1n) is 7.11. The predicted octanol–water partition coefficient (Wildman–Crippen LogP) is 0.791.